The van der Waals surface area contributed by atoms with E-state index in [9.17, 15) is 4.39 Å². The zero-order chi connectivity index (χ0) is 14.7. The Kier molecular flexibility index (Phi) is 4.71. The summed E-state index contributed by atoms with van der Waals surface area (Å²) in [5.74, 6) is -0.171. The van der Waals surface area contributed by atoms with Gasteiger partial charge >= 0.3 is 0 Å². The lowest BCUT2D eigenvalue weighted by atomic mass is 9.98. The van der Waals surface area contributed by atoms with Crippen molar-refractivity contribution in [3.63, 3.8) is 0 Å². The number of hydrogen-bond donors (Lipinski definition) is 0. The molecule has 0 aromatic heterocycles. The molecule has 3 rings (SSSR count). The minimum Gasteiger partial charge on any atom is -0.299 e. The summed E-state index contributed by atoms with van der Waals surface area (Å²) in [6.07, 6.45) is 3.88. The lowest BCUT2D eigenvalue weighted by Crippen LogP contribution is -2.29. The number of likely N-dealkylation sites (tertiary alicyclic amines) is 1. The van der Waals surface area contributed by atoms with Gasteiger partial charge < -0.3 is 0 Å². The Labute approximate surface area is 133 Å². The molecule has 3 heteroatoms. The third kappa shape index (κ3) is 3.53. The topological polar surface area (TPSA) is 3.24 Å². The fraction of sp³-hybridized carbons (Fsp3) is 0.333. The zero-order valence-electron chi connectivity index (χ0n) is 12.0. The number of piperidine rings is 1. The number of benzene rings is 2. The average molecular weight is 348 g/mol. The molecule has 0 amide bonds. The highest BCUT2D eigenvalue weighted by molar-refractivity contribution is 9.10. The third-order valence-electron chi connectivity index (χ3n) is 4.08. The lowest BCUT2D eigenvalue weighted by Gasteiger charge is -2.27. The zero-order valence-corrected chi connectivity index (χ0v) is 13.6. The van der Waals surface area contributed by atoms with Crippen molar-refractivity contribution in [1.82, 2.24) is 4.90 Å². The molecule has 1 nitrogen and oxygen atoms in total. The lowest BCUT2D eigenvalue weighted by molar-refractivity contribution is 0.221. The van der Waals surface area contributed by atoms with E-state index in [0.29, 0.717) is 5.56 Å². The van der Waals surface area contributed by atoms with E-state index in [1.54, 1.807) is 0 Å². The van der Waals surface area contributed by atoms with E-state index in [-0.39, 0.29) is 5.82 Å². The molecule has 2 aromatic carbocycles. The van der Waals surface area contributed by atoms with Gasteiger partial charge in [0, 0.05) is 16.6 Å². The Hall–Kier alpha value is -1.19. The van der Waals surface area contributed by atoms with Gasteiger partial charge in [0.2, 0.25) is 0 Å². The molecule has 0 unspecified atom stereocenters. The highest BCUT2D eigenvalue weighted by Crippen LogP contribution is 2.29. The Balaban J connectivity index is 1.91. The van der Waals surface area contributed by atoms with Crippen LogP contribution in [0.5, 0.6) is 0 Å². The van der Waals surface area contributed by atoms with Gasteiger partial charge in [-0.15, -0.1) is 0 Å². The Morgan fingerprint density at radius 2 is 1.71 bits per heavy atom. The van der Waals surface area contributed by atoms with Gasteiger partial charge in [0.15, 0.2) is 0 Å². The van der Waals surface area contributed by atoms with Crippen LogP contribution in [-0.4, -0.2) is 18.0 Å². The maximum absolute atomic E-state index is 14.3. The number of nitrogens with zero attached hydrogens (tertiary/aromatic N) is 1. The van der Waals surface area contributed by atoms with Crippen LogP contribution in [0, 0.1) is 5.82 Å². The van der Waals surface area contributed by atoms with E-state index in [1.165, 1.54) is 30.9 Å². The quantitative estimate of drug-likeness (QED) is 0.733. The number of halogens is 2. The summed E-state index contributed by atoms with van der Waals surface area (Å²) in [7, 11) is 0. The average Bonchev–Trinajstić information content (AvgIpc) is 2.49. The van der Waals surface area contributed by atoms with E-state index in [0.717, 1.165) is 29.7 Å². The number of rotatable bonds is 3. The second-order valence-electron chi connectivity index (χ2n) is 5.62. The fourth-order valence-corrected chi connectivity index (χ4v) is 3.32. The van der Waals surface area contributed by atoms with Crippen LogP contribution in [0.2, 0.25) is 0 Å². The first-order valence-corrected chi connectivity index (χ1v) is 8.29. The molecular weight excluding hydrogens is 329 g/mol. The van der Waals surface area contributed by atoms with Crippen molar-refractivity contribution in [2.75, 3.05) is 13.1 Å². The van der Waals surface area contributed by atoms with Crippen LogP contribution >= 0.6 is 15.9 Å². The monoisotopic (exact) mass is 347 g/mol. The largest absolute Gasteiger partial charge is 0.299 e. The minimum atomic E-state index is -0.171. The molecule has 2 aromatic rings. The Morgan fingerprint density at radius 3 is 2.48 bits per heavy atom. The molecule has 1 heterocycles. The molecule has 1 aliphatic rings. The molecule has 0 bridgehead atoms. The second-order valence-corrected chi connectivity index (χ2v) is 6.53. The van der Waals surface area contributed by atoms with Gasteiger partial charge in [-0.2, -0.15) is 0 Å². The van der Waals surface area contributed by atoms with Gasteiger partial charge in [-0.1, -0.05) is 52.7 Å². The van der Waals surface area contributed by atoms with Crippen LogP contribution < -0.4 is 0 Å². The van der Waals surface area contributed by atoms with Crippen molar-refractivity contribution in [2.45, 2.75) is 25.8 Å². The Bertz CT molecular complexity index is 620. The summed E-state index contributed by atoms with van der Waals surface area (Å²) >= 11 is 3.32. The van der Waals surface area contributed by atoms with Gasteiger partial charge in [0.25, 0.3) is 0 Å². The summed E-state index contributed by atoms with van der Waals surface area (Å²) in [5, 5.41) is 0. The van der Waals surface area contributed by atoms with Crippen LogP contribution in [0.15, 0.2) is 46.9 Å². The van der Waals surface area contributed by atoms with Gasteiger partial charge in [-0.05, 0) is 49.2 Å². The SMILES string of the molecule is Fc1cc(Br)ccc1-c1ccccc1CN1CCCCC1. The normalized spacial score (nSPS) is 16.1. The van der Waals surface area contributed by atoms with Crippen molar-refractivity contribution in [2.24, 2.45) is 0 Å². The summed E-state index contributed by atoms with van der Waals surface area (Å²) in [5.41, 5.74) is 2.90. The maximum atomic E-state index is 14.3. The standard InChI is InChI=1S/C18H19BrFN/c19-15-8-9-17(18(20)12-15)16-7-3-2-6-14(16)13-21-10-4-1-5-11-21/h2-3,6-9,12H,1,4-5,10-11,13H2. The van der Waals surface area contributed by atoms with Crippen molar-refractivity contribution in [3.8, 4) is 11.1 Å². The highest BCUT2D eigenvalue weighted by Gasteiger charge is 2.14. The molecule has 1 fully saturated rings. The van der Waals surface area contributed by atoms with Crippen LogP contribution in [0.4, 0.5) is 4.39 Å². The summed E-state index contributed by atoms with van der Waals surface area (Å²) in [6, 6.07) is 13.4. The van der Waals surface area contributed by atoms with Crippen molar-refractivity contribution in [3.05, 3.63) is 58.3 Å². The Morgan fingerprint density at radius 1 is 0.952 bits per heavy atom. The molecular formula is C18H19BrFN. The van der Waals surface area contributed by atoms with Crippen LogP contribution in [-0.2, 0) is 6.54 Å². The smallest absolute Gasteiger partial charge is 0.132 e. The fourth-order valence-electron chi connectivity index (χ4n) is 2.99. The molecule has 0 radical (unpaired) electrons. The van der Waals surface area contributed by atoms with Gasteiger partial charge in [-0.25, -0.2) is 4.39 Å². The van der Waals surface area contributed by atoms with Gasteiger partial charge in [0.1, 0.15) is 5.82 Å². The first-order chi connectivity index (χ1) is 10.2. The summed E-state index contributed by atoms with van der Waals surface area (Å²) in [4.78, 5) is 2.47. The molecule has 110 valence electrons. The summed E-state index contributed by atoms with van der Waals surface area (Å²) in [6.45, 7) is 3.21. The van der Waals surface area contributed by atoms with Gasteiger partial charge in [0.05, 0.1) is 0 Å². The third-order valence-corrected chi connectivity index (χ3v) is 4.57. The molecule has 0 aliphatic carbocycles. The highest BCUT2D eigenvalue weighted by atomic mass is 79.9. The predicted molar refractivity (Wildman–Crippen MR) is 88.7 cm³/mol. The van der Waals surface area contributed by atoms with E-state index in [1.807, 2.05) is 30.3 Å². The second kappa shape index (κ2) is 6.71. The van der Waals surface area contributed by atoms with E-state index < -0.39 is 0 Å². The minimum absolute atomic E-state index is 0.171. The van der Waals surface area contributed by atoms with Crippen LogP contribution in [0.25, 0.3) is 11.1 Å². The molecule has 21 heavy (non-hydrogen) atoms. The van der Waals surface area contributed by atoms with E-state index in [4.69, 9.17) is 0 Å². The number of hydrogen-bond acceptors (Lipinski definition) is 1. The predicted octanol–water partition coefficient (Wildman–Crippen LogP) is 5.24. The molecule has 1 aliphatic heterocycles. The van der Waals surface area contributed by atoms with Crippen LogP contribution in [0.1, 0.15) is 24.8 Å². The first-order valence-electron chi connectivity index (χ1n) is 7.50. The van der Waals surface area contributed by atoms with E-state index in [2.05, 4.69) is 26.9 Å². The first kappa shape index (κ1) is 14.7. The summed E-state index contributed by atoms with van der Waals surface area (Å²) < 4.78 is 15.0. The van der Waals surface area contributed by atoms with Crippen molar-refractivity contribution >= 4 is 15.9 Å². The van der Waals surface area contributed by atoms with Gasteiger partial charge in [-0.3, -0.25) is 4.90 Å². The molecule has 0 N–H and O–H groups in total. The van der Waals surface area contributed by atoms with Crippen molar-refractivity contribution in [1.29, 1.82) is 0 Å². The van der Waals surface area contributed by atoms with E-state index >= 15 is 0 Å². The van der Waals surface area contributed by atoms with Crippen LogP contribution in [0.3, 0.4) is 0 Å². The molecule has 0 atom stereocenters. The molecule has 0 saturated carbocycles. The van der Waals surface area contributed by atoms with Crippen molar-refractivity contribution < 1.29 is 4.39 Å². The maximum Gasteiger partial charge on any atom is 0.132 e. The molecule has 0 spiro atoms. The molecule has 1 saturated heterocycles.